The van der Waals surface area contributed by atoms with Crippen molar-refractivity contribution in [2.24, 2.45) is 5.73 Å². The van der Waals surface area contributed by atoms with Gasteiger partial charge >= 0.3 is 0 Å². The van der Waals surface area contributed by atoms with Gasteiger partial charge in [-0.05, 0) is 24.1 Å². The molecule has 0 aliphatic carbocycles. The molecule has 1 heterocycles. The fraction of sp³-hybridized carbons (Fsp3) is 0.385. The quantitative estimate of drug-likeness (QED) is 0.899. The largest absolute Gasteiger partial charge is 0.370 e. The van der Waals surface area contributed by atoms with Crippen LogP contribution in [0.3, 0.4) is 0 Å². The van der Waals surface area contributed by atoms with Gasteiger partial charge in [0.05, 0.1) is 17.3 Å². The first-order valence-corrected chi connectivity index (χ1v) is 6.40. The summed E-state index contributed by atoms with van der Waals surface area (Å²) in [5.41, 5.74) is 6.71. The summed E-state index contributed by atoms with van der Waals surface area (Å²) >= 11 is 6.19. The lowest BCUT2D eigenvalue weighted by Crippen LogP contribution is -2.41. The van der Waals surface area contributed by atoms with Crippen LogP contribution in [0.15, 0.2) is 18.2 Å². The number of nitrogens with two attached hydrogens (primary N) is 1. The molecule has 1 aromatic carbocycles. The monoisotopic (exact) mass is 282 g/mol. The number of carbonyl (C=O) groups is 2. The third-order valence-electron chi connectivity index (χ3n) is 2.95. The molecule has 0 bridgehead atoms. The first-order chi connectivity index (χ1) is 9.08. The Kier molecular flexibility index (Phi) is 4.39. The lowest BCUT2D eigenvalue weighted by molar-refractivity contribution is -0.125. The molecule has 5 nitrogen and oxygen atoms in total. The molecule has 1 fully saturated rings. The highest BCUT2D eigenvalue weighted by molar-refractivity contribution is 6.33. The zero-order chi connectivity index (χ0) is 13.8. The van der Waals surface area contributed by atoms with Crippen molar-refractivity contribution >= 4 is 29.1 Å². The van der Waals surface area contributed by atoms with Crippen LogP contribution in [0.4, 0.5) is 5.69 Å². The topological polar surface area (TPSA) is 72.6 Å². The average Bonchev–Trinajstić information content (AvgIpc) is 2.38. The van der Waals surface area contributed by atoms with Gasteiger partial charge in [0.25, 0.3) is 5.91 Å². The van der Waals surface area contributed by atoms with E-state index < -0.39 is 0 Å². The maximum Gasteiger partial charge on any atom is 0.253 e. The molecule has 2 amide bonds. The summed E-state index contributed by atoms with van der Waals surface area (Å²) in [5.74, 6) is -0.443. The zero-order valence-electron chi connectivity index (χ0n) is 10.4. The molecule has 2 rings (SSSR count). The summed E-state index contributed by atoms with van der Waals surface area (Å²) in [6.45, 7) is 1.09. The molecular formula is C13H15ClN2O3. The van der Waals surface area contributed by atoms with Crippen LogP contribution in [0.5, 0.6) is 0 Å². The third kappa shape index (κ3) is 3.45. The number of morpholine rings is 1. The SMILES string of the molecule is NC(=O)CCc1ccc(N2CCOCC2=O)c(Cl)c1. The fourth-order valence-corrected chi connectivity index (χ4v) is 2.27. The second-order valence-electron chi connectivity index (χ2n) is 4.35. The molecule has 0 spiro atoms. The van der Waals surface area contributed by atoms with Crippen molar-refractivity contribution in [1.82, 2.24) is 0 Å². The van der Waals surface area contributed by atoms with Crippen LogP contribution in [-0.4, -0.2) is 31.6 Å². The average molecular weight is 283 g/mol. The smallest absolute Gasteiger partial charge is 0.253 e. The van der Waals surface area contributed by atoms with Gasteiger partial charge < -0.3 is 15.4 Å². The van der Waals surface area contributed by atoms with Crippen molar-refractivity contribution < 1.29 is 14.3 Å². The van der Waals surface area contributed by atoms with Gasteiger partial charge in [0, 0.05) is 13.0 Å². The van der Waals surface area contributed by atoms with Crippen molar-refractivity contribution in [3.63, 3.8) is 0 Å². The second-order valence-corrected chi connectivity index (χ2v) is 4.76. The van der Waals surface area contributed by atoms with Crippen LogP contribution < -0.4 is 10.6 Å². The van der Waals surface area contributed by atoms with Crippen molar-refractivity contribution in [3.8, 4) is 0 Å². The highest BCUT2D eigenvalue weighted by Crippen LogP contribution is 2.28. The molecule has 0 saturated carbocycles. The molecule has 0 radical (unpaired) electrons. The number of anilines is 1. The number of amides is 2. The number of aryl methyl sites for hydroxylation is 1. The maximum atomic E-state index is 11.7. The highest BCUT2D eigenvalue weighted by atomic mass is 35.5. The number of nitrogens with zero attached hydrogens (tertiary/aromatic N) is 1. The Hall–Kier alpha value is -1.59. The molecule has 0 unspecified atom stereocenters. The summed E-state index contributed by atoms with van der Waals surface area (Å²) in [6, 6.07) is 5.41. The third-order valence-corrected chi connectivity index (χ3v) is 3.25. The second kappa shape index (κ2) is 6.04. The van der Waals surface area contributed by atoms with Crippen LogP contribution in [0.25, 0.3) is 0 Å². The number of hydrogen-bond donors (Lipinski definition) is 1. The van der Waals surface area contributed by atoms with Gasteiger partial charge in [-0.15, -0.1) is 0 Å². The molecule has 0 aromatic heterocycles. The van der Waals surface area contributed by atoms with E-state index in [1.54, 1.807) is 17.0 Å². The Morgan fingerprint density at radius 2 is 2.26 bits per heavy atom. The van der Waals surface area contributed by atoms with Crippen LogP contribution in [0.1, 0.15) is 12.0 Å². The van der Waals surface area contributed by atoms with Crippen LogP contribution in [0, 0.1) is 0 Å². The van der Waals surface area contributed by atoms with Gasteiger partial charge in [0.2, 0.25) is 5.91 Å². The van der Waals surface area contributed by atoms with Crippen LogP contribution in [-0.2, 0) is 20.7 Å². The Labute approximate surface area is 116 Å². The number of primary amides is 1. The van der Waals surface area contributed by atoms with Crippen LogP contribution >= 0.6 is 11.6 Å². The molecule has 1 aliphatic rings. The minimum absolute atomic E-state index is 0.0831. The number of ether oxygens (including phenoxy) is 1. The van der Waals surface area contributed by atoms with E-state index in [0.717, 1.165) is 5.56 Å². The summed E-state index contributed by atoms with van der Waals surface area (Å²) in [7, 11) is 0. The van der Waals surface area contributed by atoms with Crippen LogP contribution in [0.2, 0.25) is 5.02 Å². The van der Waals surface area contributed by atoms with Gasteiger partial charge in [0.15, 0.2) is 0 Å². The van der Waals surface area contributed by atoms with Gasteiger partial charge in [-0.2, -0.15) is 0 Å². The number of carbonyl (C=O) groups excluding carboxylic acids is 2. The van der Waals surface area contributed by atoms with E-state index in [-0.39, 0.29) is 24.8 Å². The lowest BCUT2D eigenvalue weighted by atomic mass is 10.1. The number of rotatable bonds is 4. The first kappa shape index (κ1) is 13.8. The molecular weight excluding hydrogens is 268 g/mol. The standard InChI is InChI=1S/C13H15ClN2O3/c14-10-7-9(2-4-12(15)17)1-3-11(10)16-5-6-19-8-13(16)18/h1,3,7H,2,4-6,8H2,(H2,15,17). The van der Waals surface area contributed by atoms with Crippen molar-refractivity contribution in [2.45, 2.75) is 12.8 Å². The van der Waals surface area contributed by atoms with E-state index in [4.69, 9.17) is 22.1 Å². The highest BCUT2D eigenvalue weighted by Gasteiger charge is 2.22. The molecule has 2 N–H and O–H groups in total. The van der Waals surface area contributed by atoms with Gasteiger partial charge in [-0.1, -0.05) is 17.7 Å². The number of hydrogen-bond acceptors (Lipinski definition) is 3. The molecule has 6 heteroatoms. The molecule has 1 saturated heterocycles. The Morgan fingerprint density at radius 1 is 1.47 bits per heavy atom. The lowest BCUT2D eigenvalue weighted by Gasteiger charge is -2.27. The molecule has 19 heavy (non-hydrogen) atoms. The predicted molar refractivity (Wildman–Crippen MR) is 72.1 cm³/mol. The van der Waals surface area contributed by atoms with E-state index in [1.807, 2.05) is 6.07 Å². The molecule has 102 valence electrons. The molecule has 1 aromatic rings. The summed E-state index contributed by atoms with van der Waals surface area (Å²) in [6.07, 6.45) is 0.832. The van der Waals surface area contributed by atoms with E-state index in [9.17, 15) is 9.59 Å². The summed E-state index contributed by atoms with van der Waals surface area (Å²) in [5, 5.41) is 0.497. The van der Waals surface area contributed by atoms with E-state index in [1.165, 1.54) is 0 Å². The predicted octanol–water partition coefficient (Wildman–Crippen LogP) is 1.12. The van der Waals surface area contributed by atoms with Gasteiger partial charge in [-0.25, -0.2) is 0 Å². The fourth-order valence-electron chi connectivity index (χ4n) is 1.97. The maximum absolute atomic E-state index is 11.7. The Bertz CT molecular complexity index is 505. The minimum Gasteiger partial charge on any atom is -0.370 e. The normalized spacial score (nSPS) is 15.6. The summed E-state index contributed by atoms with van der Waals surface area (Å²) in [4.78, 5) is 24.1. The molecule has 1 aliphatic heterocycles. The van der Waals surface area contributed by atoms with E-state index in [2.05, 4.69) is 0 Å². The van der Waals surface area contributed by atoms with E-state index in [0.29, 0.717) is 30.3 Å². The van der Waals surface area contributed by atoms with Gasteiger partial charge in [-0.3, -0.25) is 9.59 Å². The van der Waals surface area contributed by atoms with Crippen molar-refractivity contribution in [2.75, 3.05) is 24.7 Å². The van der Waals surface area contributed by atoms with Crippen molar-refractivity contribution in [1.29, 1.82) is 0 Å². The summed E-state index contributed by atoms with van der Waals surface area (Å²) < 4.78 is 5.08. The Balaban J connectivity index is 2.14. The zero-order valence-corrected chi connectivity index (χ0v) is 11.2. The first-order valence-electron chi connectivity index (χ1n) is 6.03. The van der Waals surface area contributed by atoms with Gasteiger partial charge in [0.1, 0.15) is 6.61 Å². The number of halogens is 1. The van der Waals surface area contributed by atoms with Crippen molar-refractivity contribution in [3.05, 3.63) is 28.8 Å². The minimum atomic E-state index is -0.344. The number of benzene rings is 1. The Morgan fingerprint density at radius 3 is 2.89 bits per heavy atom. The molecule has 0 atom stereocenters. The van der Waals surface area contributed by atoms with E-state index >= 15 is 0 Å².